The minimum atomic E-state index is 0.569. The molecule has 3 aromatic rings. The molecular weight excluding hydrogens is 246 g/mol. The maximum absolute atomic E-state index is 7.45. The Kier molecular flexibility index (Phi) is 3.15. The summed E-state index contributed by atoms with van der Waals surface area (Å²) in [7, 11) is 0. The van der Waals surface area contributed by atoms with Crippen molar-refractivity contribution < 1.29 is 4.42 Å². The van der Waals surface area contributed by atoms with Crippen LogP contribution in [0.25, 0.3) is 21.9 Å². The van der Waals surface area contributed by atoms with Gasteiger partial charge in [0.2, 0.25) is 0 Å². The van der Waals surface area contributed by atoms with Gasteiger partial charge in [0, 0.05) is 22.0 Å². The zero-order valence-corrected chi connectivity index (χ0v) is 11.7. The van der Waals surface area contributed by atoms with E-state index in [9.17, 15) is 0 Å². The van der Waals surface area contributed by atoms with Crippen LogP contribution in [-0.4, -0.2) is 5.71 Å². The number of hydrogen-bond donors (Lipinski definition) is 1. The molecule has 3 rings (SSSR count). The van der Waals surface area contributed by atoms with Gasteiger partial charge in [0.05, 0.1) is 0 Å². The van der Waals surface area contributed by atoms with E-state index in [4.69, 9.17) is 9.83 Å². The molecule has 2 aromatic carbocycles. The standard InChI is InChI=1S/C18H17NO/c1-12-10-11-16-15-7-3-4-9-17(15)20-18(16)14(12)8-5-6-13(2)19/h3-7,9-11,19H,8H2,1-2H3/b6-5-,19-13?. The Morgan fingerprint density at radius 2 is 1.95 bits per heavy atom. The van der Waals surface area contributed by atoms with Gasteiger partial charge < -0.3 is 9.83 Å². The molecule has 0 saturated carbocycles. The first kappa shape index (κ1) is 12.7. The Labute approximate surface area is 118 Å². The molecule has 0 aliphatic heterocycles. The summed E-state index contributed by atoms with van der Waals surface area (Å²) in [4.78, 5) is 0. The monoisotopic (exact) mass is 263 g/mol. The van der Waals surface area contributed by atoms with Crippen molar-refractivity contribution in [2.24, 2.45) is 0 Å². The van der Waals surface area contributed by atoms with Gasteiger partial charge in [-0.1, -0.05) is 36.4 Å². The van der Waals surface area contributed by atoms with Crippen molar-refractivity contribution in [2.75, 3.05) is 0 Å². The Morgan fingerprint density at radius 1 is 1.15 bits per heavy atom. The molecule has 1 aromatic heterocycles. The molecule has 0 spiro atoms. The van der Waals surface area contributed by atoms with Crippen molar-refractivity contribution in [3.05, 3.63) is 59.7 Å². The van der Waals surface area contributed by atoms with Gasteiger partial charge in [0.1, 0.15) is 11.2 Å². The molecular formula is C18H17NO. The van der Waals surface area contributed by atoms with Crippen LogP contribution in [0.15, 0.2) is 53.0 Å². The smallest absolute Gasteiger partial charge is 0.139 e. The van der Waals surface area contributed by atoms with Gasteiger partial charge in [-0.15, -0.1) is 0 Å². The largest absolute Gasteiger partial charge is 0.456 e. The van der Waals surface area contributed by atoms with Crippen LogP contribution in [0.2, 0.25) is 0 Å². The van der Waals surface area contributed by atoms with Gasteiger partial charge >= 0.3 is 0 Å². The van der Waals surface area contributed by atoms with E-state index in [2.05, 4.69) is 25.1 Å². The molecule has 1 N–H and O–H groups in total. The molecule has 0 fully saturated rings. The first-order valence-corrected chi connectivity index (χ1v) is 6.78. The maximum atomic E-state index is 7.45. The van der Waals surface area contributed by atoms with Crippen LogP contribution >= 0.6 is 0 Å². The number of hydrogen-bond acceptors (Lipinski definition) is 2. The van der Waals surface area contributed by atoms with Gasteiger partial charge in [-0.05, 0) is 38.0 Å². The zero-order valence-electron chi connectivity index (χ0n) is 11.7. The summed E-state index contributed by atoms with van der Waals surface area (Å²) < 4.78 is 6.03. The highest BCUT2D eigenvalue weighted by Crippen LogP contribution is 2.32. The predicted octanol–water partition coefficient (Wildman–Crippen LogP) is 5.03. The highest BCUT2D eigenvalue weighted by molar-refractivity contribution is 6.06. The third-order valence-corrected chi connectivity index (χ3v) is 3.57. The van der Waals surface area contributed by atoms with Gasteiger partial charge in [0.15, 0.2) is 0 Å². The van der Waals surface area contributed by atoms with E-state index in [1.54, 1.807) is 6.92 Å². The quantitative estimate of drug-likeness (QED) is 0.661. The molecule has 0 saturated heterocycles. The molecule has 0 aliphatic rings. The number of furan rings is 1. The molecule has 0 amide bonds. The van der Waals surface area contributed by atoms with E-state index in [0.29, 0.717) is 5.71 Å². The molecule has 0 radical (unpaired) electrons. The van der Waals surface area contributed by atoms with Crippen LogP contribution in [0.4, 0.5) is 0 Å². The van der Waals surface area contributed by atoms with Crippen molar-refractivity contribution in [3.8, 4) is 0 Å². The summed E-state index contributed by atoms with van der Waals surface area (Å²) in [5.74, 6) is 0. The Balaban J connectivity index is 2.19. The molecule has 0 unspecified atom stereocenters. The summed E-state index contributed by atoms with van der Waals surface area (Å²) in [5, 5.41) is 9.79. The van der Waals surface area contributed by atoms with E-state index >= 15 is 0 Å². The minimum Gasteiger partial charge on any atom is -0.456 e. The zero-order chi connectivity index (χ0) is 14.1. The van der Waals surface area contributed by atoms with Crippen LogP contribution in [0.3, 0.4) is 0 Å². The van der Waals surface area contributed by atoms with Crippen molar-refractivity contribution in [1.29, 1.82) is 5.41 Å². The molecule has 0 aliphatic carbocycles. The number of nitrogens with one attached hydrogen (secondary N) is 1. The van der Waals surface area contributed by atoms with Crippen molar-refractivity contribution in [1.82, 2.24) is 0 Å². The van der Waals surface area contributed by atoms with Crippen LogP contribution in [0.5, 0.6) is 0 Å². The van der Waals surface area contributed by atoms with Crippen molar-refractivity contribution in [3.63, 3.8) is 0 Å². The summed E-state index contributed by atoms with van der Waals surface area (Å²) in [6.45, 7) is 3.89. The highest BCUT2D eigenvalue weighted by atomic mass is 16.3. The summed E-state index contributed by atoms with van der Waals surface area (Å²) in [5.41, 5.74) is 4.90. The second-order valence-electron chi connectivity index (χ2n) is 5.13. The Morgan fingerprint density at radius 3 is 2.75 bits per heavy atom. The lowest BCUT2D eigenvalue weighted by Gasteiger charge is -2.03. The van der Waals surface area contributed by atoms with Crippen LogP contribution < -0.4 is 0 Å². The second-order valence-corrected chi connectivity index (χ2v) is 5.13. The molecule has 2 nitrogen and oxygen atoms in total. The molecule has 1 heterocycles. The van der Waals surface area contributed by atoms with Crippen molar-refractivity contribution >= 4 is 27.7 Å². The van der Waals surface area contributed by atoms with Crippen molar-refractivity contribution in [2.45, 2.75) is 20.3 Å². The molecule has 0 bridgehead atoms. The van der Waals surface area contributed by atoms with Crippen LogP contribution in [0, 0.1) is 12.3 Å². The second kappa shape index (κ2) is 4.97. The average Bonchev–Trinajstić information content (AvgIpc) is 2.79. The number of para-hydroxylation sites is 1. The summed E-state index contributed by atoms with van der Waals surface area (Å²) >= 11 is 0. The van der Waals surface area contributed by atoms with Crippen LogP contribution in [-0.2, 0) is 6.42 Å². The molecule has 100 valence electrons. The van der Waals surface area contributed by atoms with Gasteiger partial charge in [-0.2, -0.15) is 0 Å². The van der Waals surface area contributed by atoms with E-state index in [-0.39, 0.29) is 0 Å². The summed E-state index contributed by atoms with van der Waals surface area (Å²) in [6.07, 6.45) is 4.65. The molecule has 20 heavy (non-hydrogen) atoms. The van der Waals surface area contributed by atoms with E-state index in [0.717, 1.165) is 23.0 Å². The fourth-order valence-corrected chi connectivity index (χ4v) is 2.55. The predicted molar refractivity (Wildman–Crippen MR) is 84.7 cm³/mol. The SMILES string of the molecule is CC(=N)/C=C\Cc1c(C)ccc2c1oc1ccccc12. The molecule has 0 atom stereocenters. The van der Waals surface area contributed by atoms with Crippen LogP contribution in [0.1, 0.15) is 18.1 Å². The fourth-order valence-electron chi connectivity index (χ4n) is 2.55. The van der Waals surface area contributed by atoms with E-state index in [1.807, 2.05) is 30.4 Å². The van der Waals surface area contributed by atoms with E-state index < -0.39 is 0 Å². The van der Waals surface area contributed by atoms with E-state index in [1.165, 1.54) is 16.5 Å². The fraction of sp³-hybridized carbons (Fsp3) is 0.167. The number of aryl methyl sites for hydroxylation is 1. The topological polar surface area (TPSA) is 37.0 Å². The van der Waals surface area contributed by atoms with Gasteiger partial charge in [-0.3, -0.25) is 0 Å². The van der Waals surface area contributed by atoms with Gasteiger partial charge in [0.25, 0.3) is 0 Å². The summed E-state index contributed by atoms with van der Waals surface area (Å²) in [6, 6.07) is 12.4. The lowest BCUT2D eigenvalue weighted by Crippen LogP contribution is -1.89. The lowest BCUT2D eigenvalue weighted by molar-refractivity contribution is 0.664. The first-order valence-electron chi connectivity index (χ1n) is 6.78. The maximum Gasteiger partial charge on any atom is 0.139 e. The third kappa shape index (κ3) is 2.14. The first-order chi connectivity index (χ1) is 9.66. The lowest BCUT2D eigenvalue weighted by atomic mass is 10.0. The minimum absolute atomic E-state index is 0.569. The average molecular weight is 263 g/mol. The normalized spacial score (nSPS) is 11.7. The third-order valence-electron chi connectivity index (χ3n) is 3.57. The number of allylic oxidation sites excluding steroid dienone is 2. The van der Waals surface area contributed by atoms with Gasteiger partial charge in [-0.25, -0.2) is 0 Å². The highest BCUT2D eigenvalue weighted by Gasteiger charge is 2.11. The number of rotatable bonds is 3. The number of fused-ring (bicyclic) bond motifs is 3. The Hall–Kier alpha value is -2.35. The molecule has 2 heteroatoms. The Bertz CT molecular complexity index is 824. The number of benzene rings is 2.